The first-order valence-electron chi connectivity index (χ1n) is 9.59. The van der Waals surface area contributed by atoms with Gasteiger partial charge >= 0.3 is 0 Å². The van der Waals surface area contributed by atoms with Crippen LogP contribution < -0.4 is 16.0 Å². The minimum atomic E-state index is 0.0484. The molecule has 2 rings (SSSR count). The van der Waals surface area contributed by atoms with Crippen LogP contribution >= 0.6 is 0 Å². The number of hydrogen-bond acceptors (Lipinski definition) is 3. The molecule has 0 aliphatic carbocycles. The van der Waals surface area contributed by atoms with Crippen molar-refractivity contribution in [3.8, 4) is 0 Å². The summed E-state index contributed by atoms with van der Waals surface area (Å²) in [6.07, 6.45) is 3.04. The molecule has 1 aromatic rings. The number of ether oxygens (including phenoxy) is 1. The van der Waals surface area contributed by atoms with Crippen molar-refractivity contribution in [2.24, 2.45) is 10.9 Å². The molecule has 26 heavy (non-hydrogen) atoms. The molecular weight excluding hydrogens is 328 g/mol. The van der Waals surface area contributed by atoms with E-state index < -0.39 is 0 Å². The molecule has 1 atom stereocenters. The Morgan fingerprint density at radius 3 is 2.88 bits per heavy atom. The van der Waals surface area contributed by atoms with Gasteiger partial charge in [-0.3, -0.25) is 4.79 Å². The van der Waals surface area contributed by atoms with Gasteiger partial charge in [-0.05, 0) is 43.4 Å². The van der Waals surface area contributed by atoms with Crippen molar-refractivity contribution in [3.63, 3.8) is 0 Å². The molecule has 0 saturated carbocycles. The number of hydrogen-bond donors (Lipinski definition) is 3. The second-order valence-electron chi connectivity index (χ2n) is 7.06. The van der Waals surface area contributed by atoms with E-state index in [0.717, 1.165) is 49.7 Å². The van der Waals surface area contributed by atoms with Crippen molar-refractivity contribution in [3.05, 3.63) is 29.8 Å². The van der Waals surface area contributed by atoms with Crippen molar-refractivity contribution in [1.29, 1.82) is 0 Å². The summed E-state index contributed by atoms with van der Waals surface area (Å²) in [4.78, 5) is 16.6. The molecule has 1 heterocycles. The lowest BCUT2D eigenvalue weighted by atomic mass is 10.1. The van der Waals surface area contributed by atoms with Crippen molar-refractivity contribution in [1.82, 2.24) is 10.6 Å². The predicted molar refractivity (Wildman–Crippen MR) is 106 cm³/mol. The molecule has 1 aliphatic rings. The number of benzene rings is 1. The Morgan fingerprint density at radius 2 is 2.19 bits per heavy atom. The highest BCUT2D eigenvalue weighted by Gasteiger charge is 2.15. The van der Waals surface area contributed by atoms with Gasteiger partial charge < -0.3 is 20.7 Å². The van der Waals surface area contributed by atoms with Gasteiger partial charge in [-0.1, -0.05) is 26.0 Å². The molecule has 1 saturated heterocycles. The first-order valence-corrected chi connectivity index (χ1v) is 9.59. The second-order valence-corrected chi connectivity index (χ2v) is 7.06. The zero-order valence-corrected chi connectivity index (χ0v) is 16.2. The van der Waals surface area contributed by atoms with E-state index in [9.17, 15) is 4.79 Å². The first-order chi connectivity index (χ1) is 12.6. The SMILES string of the molecule is CCNC(=NCc1cccc(NC(=O)CC(C)C)c1)NCC1CCCO1. The van der Waals surface area contributed by atoms with Gasteiger partial charge in [0.25, 0.3) is 0 Å². The number of guanidine groups is 1. The number of aliphatic imine (C=N–C) groups is 1. The monoisotopic (exact) mass is 360 g/mol. The molecular formula is C20H32N4O2. The van der Waals surface area contributed by atoms with Crippen molar-refractivity contribution in [2.45, 2.75) is 52.7 Å². The van der Waals surface area contributed by atoms with Gasteiger partial charge in [-0.2, -0.15) is 0 Å². The van der Waals surface area contributed by atoms with Crippen molar-refractivity contribution >= 4 is 17.6 Å². The van der Waals surface area contributed by atoms with Gasteiger partial charge in [0.05, 0.1) is 12.6 Å². The molecule has 1 unspecified atom stereocenters. The van der Waals surface area contributed by atoms with Crippen LogP contribution in [-0.2, 0) is 16.1 Å². The van der Waals surface area contributed by atoms with Crippen LogP contribution in [0.1, 0.15) is 45.6 Å². The maximum Gasteiger partial charge on any atom is 0.224 e. The zero-order valence-electron chi connectivity index (χ0n) is 16.2. The molecule has 1 amide bonds. The predicted octanol–water partition coefficient (Wildman–Crippen LogP) is 2.91. The van der Waals surface area contributed by atoms with Crippen molar-refractivity contribution < 1.29 is 9.53 Å². The number of nitrogens with zero attached hydrogens (tertiary/aromatic N) is 1. The van der Waals surface area contributed by atoms with Crippen molar-refractivity contribution in [2.75, 3.05) is 25.0 Å². The quantitative estimate of drug-likeness (QED) is 0.492. The third-order valence-electron chi connectivity index (χ3n) is 4.09. The van der Waals surface area contributed by atoms with Crippen LogP contribution in [0.2, 0.25) is 0 Å². The van der Waals surface area contributed by atoms with Crippen LogP contribution in [0, 0.1) is 5.92 Å². The molecule has 1 fully saturated rings. The van der Waals surface area contributed by atoms with Crippen LogP contribution in [0.15, 0.2) is 29.3 Å². The Balaban J connectivity index is 1.90. The first kappa shape index (κ1) is 20.2. The van der Waals surface area contributed by atoms with E-state index in [0.29, 0.717) is 18.9 Å². The fraction of sp³-hybridized carbons (Fsp3) is 0.600. The van der Waals surface area contributed by atoms with E-state index >= 15 is 0 Å². The molecule has 0 spiro atoms. The normalized spacial score (nSPS) is 17.4. The maximum absolute atomic E-state index is 11.9. The second kappa shape index (κ2) is 10.8. The fourth-order valence-electron chi connectivity index (χ4n) is 2.86. The summed E-state index contributed by atoms with van der Waals surface area (Å²) in [5.41, 5.74) is 1.88. The van der Waals surface area contributed by atoms with E-state index in [1.807, 2.05) is 45.0 Å². The third kappa shape index (κ3) is 7.44. The van der Waals surface area contributed by atoms with E-state index in [1.165, 1.54) is 0 Å². The minimum Gasteiger partial charge on any atom is -0.376 e. The number of nitrogens with one attached hydrogen (secondary N) is 3. The van der Waals surface area contributed by atoms with Crippen LogP contribution in [0.5, 0.6) is 0 Å². The molecule has 1 aromatic carbocycles. The van der Waals surface area contributed by atoms with Gasteiger partial charge in [-0.25, -0.2) is 4.99 Å². The van der Waals surface area contributed by atoms with E-state index in [-0.39, 0.29) is 12.0 Å². The molecule has 6 heteroatoms. The van der Waals surface area contributed by atoms with Gasteiger partial charge in [0.1, 0.15) is 0 Å². The Kier molecular flexibility index (Phi) is 8.41. The van der Waals surface area contributed by atoms with Crippen LogP contribution in [0.25, 0.3) is 0 Å². The zero-order chi connectivity index (χ0) is 18.8. The number of carbonyl (C=O) groups is 1. The van der Waals surface area contributed by atoms with Crippen LogP contribution in [0.4, 0.5) is 5.69 Å². The molecule has 6 nitrogen and oxygen atoms in total. The number of rotatable bonds is 8. The summed E-state index contributed by atoms with van der Waals surface area (Å²) in [6.45, 7) is 9.12. The Labute approximate surface area is 156 Å². The molecule has 3 N–H and O–H groups in total. The lowest BCUT2D eigenvalue weighted by Gasteiger charge is -2.15. The Bertz CT molecular complexity index is 595. The van der Waals surface area contributed by atoms with Gasteiger partial charge in [-0.15, -0.1) is 0 Å². The molecule has 0 bridgehead atoms. The van der Waals surface area contributed by atoms with Crippen LogP contribution in [-0.4, -0.2) is 37.7 Å². The average molecular weight is 361 g/mol. The molecule has 0 radical (unpaired) electrons. The summed E-state index contributed by atoms with van der Waals surface area (Å²) in [7, 11) is 0. The Hall–Kier alpha value is -2.08. The largest absolute Gasteiger partial charge is 0.376 e. The smallest absolute Gasteiger partial charge is 0.224 e. The summed E-state index contributed by atoms with van der Waals surface area (Å²) in [5, 5.41) is 9.56. The van der Waals surface area contributed by atoms with Gasteiger partial charge in [0.2, 0.25) is 5.91 Å². The lowest BCUT2D eigenvalue weighted by Crippen LogP contribution is -2.41. The number of carbonyl (C=O) groups excluding carboxylic acids is 1. The Morgan fingerprint density at radius 1 is 1.35 bits per heavy atom. The molecule has 0 aromatic heterocycles. The third-order valence-corrected chi connectivity index (χ3v) is 4.09. The number of amides is 1. The van der Waals surface area contributed by atoms with Crippen LogP contribution in [0.3, 0.4) is 0 Å². The topological polar surface area (TPSA) is 74.8 Å². The van der Waals surface area contributed by atoms with E-state index in [2.05, 4.69) is 20.9 Å². The summed E-state index contributed by atoms with van der Waals surface area (Å²) >= 11 is 0. The number of anilines is 1. The highest BCUT2D eigenvalue weighted by Crippen LogP contribution is 2.13. The summed E-state index contributed by atoms with van der Waals surface area (Å²) in [5.74, 6) is 1.19. The maximum atomic E-state index is 11.9. The highest BCUT2D eigenvalue weighted by atomic mass is 16.5. The highest BCUT2D eigenvalue weighted by molar-refractivity contribution is 5.90. The van der Waals surface area contributed by atoms with E-state index in [1.54, 1.807) is 0 Å². The summed E-state index contributed by atoms with van der Waals surface area (Å²) in [6, 6.07) is 7.85. The van der Waals surface area contributed by atoms with Gasteiger partial charge in [0, 0.05) is 31.8 Å². The van der Waals surface area contributed by atoms with Gasteiger partial charge in [0.15, 0.2) is 5.96 Å². The summed E-state index contributed by atoms with van der Waals surface area (Å²) < 4.78 is 5.64. The average Bonchev–Trinajstić information content (AvgIpc) is 3.10. The lowest BCUT2D eigenvalue weighted by molar-refractivity contribution is -0.116. The standard InChI is InChI=1S/C20H32N4O2/c1-4-21-20(23-14-18-9-6-10-26-18)22-13-16-7-5-8-17(12-16)24-19(25)11-15(2)3/h5,7-8,12,15,18H,4,6,9-11,13-14H2,1-3H3,(H,24,25)(H2,21,22,23). The molecule has 1 aliphatic heterocycles. The fourth-order valence-corrected chi connectivity index (χ4v) is 2.86. The molecule has 144 valence electrons. The minimum absolute atomic E-state index is 0.0484. The van der Waals surface area contributed by atoms with E-state index in [4.69, 9.17) is 4.74 Å².